The zero-order valence-corrected chi connectivity index (χ0v) is 17.2. The highest BCUT2D eigenvalue weighted by Gasteiger charge is 2.31. The molecule has 0 atom stereocenters. The molecule has 0 heterocycles. The van der Waals surface area contributed by atoms with Gasteiger partial charge in [-0.15, -0.1) is 13.2 Å². The fourth-order valence-electron chi connectivity index (χ4n) is 5.49. The molecule has 0 aliphatic heterocycles. The van der Waals surface area contributed by atoms with E-state index in [0.29, 0.717) is 0 Å². The van der Waals surface area contributed by atoms with Crippen LogP contribution in [0.25, 0.3) is 0 Å². The van der Waals surface area contributed by atoms with Gasteiger partial charge in [-0.1, -0.05) is 37.8 Å². The first-order chi connectivity index (χ1) is 13.9. The maximum atomic E-state index is 12.4. The van der Waals surface area contributed by atoms with Crippen molar-refractivity contribution in [2.45, 2.75) is 83.4 Å². The Morgan fingerprint density at radius 1 is 0.759 bits per heavy atom. The summed E-state index contributed by atoms with van der Waals surface area (Å²) in [5.41, 5.74) is 1.08. The van der Waals surface area contributed by atoms with Gasteiger partial charge < -0.3 is 4.74 Å². The summed E-state index contributed by atoms with van der Waals surface area (Å²) in [6.45, 7) is -0.171. The van der Waals surface area contributed by atoms with Crippen molar-refractivity contribution < 1.29 is 22.3 Å². The van der Waals surface area contributed by atoms with Gasteiger partial charge in [0.2, 0.25) is 0 Å². The van der Waals surface area contributed by atoms with Crippen LogP contribution in [0.2, 0.25) is 0 Å². The summed E-state index contributed by atoms with van der Waals surface area (Å²) in [6, 6.07) is 6.30. The average molecular weight is 415 g/mol. The third kappa shape index (κ3) is 7.49. The van der Waals surface area contributed by atoms with Crippen molar-refractivity contribution in [3.63, 3.8) is 0 Å². The smallest absolute Gasteiger partial charge is 0.406 e. The number of aryl methyl sites for hydroxylation is 1. The second-order valence-corrected chi connectivity index (χ2v) is 9.12. The molecule has 0 unspecified atom stereocenters. The van der Waals surface area contributed by atoms with Gasteiger partial charge in [0.15, 0.2) is 0 Å². The summed E-state index contributed by atoms with van der Waals surface area (Å²) in [5, 5.41) is 0. The van der Waals surface area contributed by atoms with Crippen LogP contribution in [0.4, 0.5) is 17.6 Å². The Labute approximate surface area is 172 Å². The van der Waals surface area contributed by atoms with E-state index in [1.54, 1.807) is 12.1 Å². The minimum Gasteiger partial charge on any atom is -0.406 e. The number of ether oxygens (including phenoxy) is 1. The number of rotatable bonds is 8. The van der Waals surface area contributed by atoms with Crippen LogP contribution < -0.4 is 4.74 Å². The summed E-state index contributed by atoms with van der Waals surface area (Å²) in [5.74, 6) is 3.08. The van der Waals surface area contributed by atoms with Crippen molar-refractivity contribution in [2.75, 3.05) is 6.67 Å². The maximum absolute atomic E-state index is 12.4. The molecule has 2 aliphatic rings. The molecule has 0 radical (unpaired) electrons. The highest BCUT2D eigenvalue weighted by molar-refractivity contribution is 5.27. The van der Waals surface area contributed by atoms with E-state index in [1.807, 2.05) is 0 Å². The Hall–Kier alpha value is -1.26. The van der Waals surface area contributed by atoms with Crippen molar-refractivity contribution in [2.24, 2.45) is 23.7 Å². The largest absolute Gasteiger partial charge is 0.573 e. The SMILES string of the molecule is FCCCC1CCC(C2CCC(CCc3ccc(OC(F)(F)F)cc3)CC2)CC1. The van der Waals surface area contributed by atoms with E-state index < -0.39 is 6.36 Å². The Balaban J connectivity index is 1.34. The third-order valence-electron chi connectivity index (χ3n) is 7.19. The van der Waals surface area contributed by atoms with E-state index in [9.17, 15) is 17.6 Å². The molecule has 0 aromatic heterocycles. The second kappa shape index (κ2) is 10.7. The first-order valence-electron chi connectivity index (χ1n) is 11.3. The van der Waals surface area contributed by atoms with Crippen LogP contribution in [0.15, 0.2) is 24.3 Å². The molecule has 29 heavy (non-hydrogen) atoms. The number of hydrogen-bond donors (Lipinski definition) is 0. The van der Waals surface area contributed by atoms with Crippen molar-refractivity contribution in [1.82, 2.24) is 0 Å². The lowest BCUT2D eigenvalue weighted by Crippen LogP contribution is -2.26. The minimum atomic E-state index is -4.63. The molecule has 164 valence electrons. The third-order valence-corrected chi connectivity index (χ3v) is 7.19. The topological polar surface area (TPSA) is 9.23 Å². The van der Waals surface area contributed by atoms with E-state index >= 15 is 0 Å². The number of benzene rings is 1. The molecular weight excluding hydrogens is 380 g/mol. The molecule has 2 saturated carbocycles. The van der Waals surface area contributed by atoms with Gasteiger partial charge in [0.25, 0.3) is 0 Å². The van der Waals surface area contributed by atoms with Crippen LogP contribution in [-0.4, -0.2) is 13.0 Å². The molecule has 0 bridgehead atoms. The fraction of sp³-hybridized carbons (Fsp3) is 0.750. The van der Waals surface area contributed by atoms with E-state index in [4.69, 9.17) is 0 Å². The normalized spacial score (nSPS) is 28.3. The van der Waals surface area contributed by atoms with Crippen LogP contribution in [-0.2, 0) is 6.42 Å². The number of halogens is 4. The van der Waals surface area contributed by atoms with Gasteiger partial charge in [-0.3, -0.25) is 4.39 Å². The van der Waals surface area contributed by atoms with E-state index in [2.05, 4.69) is 4.74 Å². The van der Waals surface area contributed by atoms with Crippen LogP contribution >= 0.6 is 0 Å². The lowest BCUT2D eigenvalue weighted by molar-refractivity contribution is -0.274. The number of alkyl halides is 4. The quantitative estimate of drug-likeness (QED) is 0.393. The molecular formula is C24H34F4O. The molecule has 1 aromatic carbocycles. The Morgan fingerprint density at radius 3 is 1.76 bits per heavy atom. The predicted octanol–water partition coefficient (Wildman–Crippen LogP) is 7.88. The van der Waals surface area contributed by atoms with Crippen LogP contribution in [0, 0.1) is 23.7 Å². The van der Waals surface area contributed by atoms with E-state index in [0.717, 1.165) is 54.9 Å². The molecule has 1 aromatic rings. The summed E-state index contributed by atoms with van der Waals surface area (Å²) in [7, 11) is 0. The van der Waals surface area contributed by atoms with Crippen molar-refractivity contribution in [3.8, 4) is 5.75 Å². The molecule has 3 rings (SSSR count). The first kappa shape index (κ1) is 22.4. The average Bonchev–Trinajstić information content (AvgIpc) is 2.71. The van der Waals surface area contributed by atoms with Crippen LogP contribution in [0.1, 0.15) is 76.2 Å². The summed E-state index contributed by atoms with van der Waals surface area (Å²) in [4.78, 5) is 0. The molecule has 0 spiro atoms. The molecule has 1 nitrogen and oxygen atoms in total. The van der Waals surface area contributed by atoms with Crippen LogP contribution in [0.3, 0.4) is 0 Å². The summed E-state index contributed by atoms with van der Waals surface area (Å²) >= 11 is 0. The van der Waals surface area contributed by atoms with Gasteiger partial charge in [-0.2, -0.15) is 0 Å². The Bertz CT molecular complexity index is 582. The van der Waals surface area contributed by atoms with Crippen molar-refractivity contribution >= 4 is 0 Å². The predicted molar refractivity (Wildman–Crippen MR) is 108 cm³/mol. The summed E-state index contributed by atoms with van der Waals surface area (Å²) < 4.78 is 53.0. The van der Waals surface area contributed by atoms with Gasteiger partial charge in [-0.05, 0) is 92.7 Å². The molecule has 2 fully saturated rings. The molecule has 5 heteroatoms. The highest BCUT2D eigenvalue weighted by atomic mass is 19.4. The maximum Gasteiger partial charge on any atom is 0.573 e. The lowest BCUT2D eigenvalue weighted by atomic mass is 9.68. The Kier molecular flexibility index (Phi) is 8.25. The van der Waals surface area contributed by atoms with E-state index in [-0.39, 0.29) is 12.4 Å². The Morgan fingerprint density at radius 2 is 1.28 bits per heavy atom. The fourth-order valence-corrected chi connectivity index (χ4v) is 5.49. The zero-order chi connectivity index (χ0) is 20.7. The van der Waals surface area contributed by atoms with Crippen molar-refractivity contribution in [1.29, 1.82) is 0 Å². The monoisotopic (exact) mass is 414 g/mol. The van der Waals surface area contributed by atoms with Gasteiger partial charge >= 0.3 is 6.36 Å². The van der Waals surface area contributed by atoms with Crippen molar-refractivity contribution in [3.05, 3.63) is 29.8 Å². The molecule has 2 aliphatic carbocycles. The minimum absolute atomic E-state index is 0.152. The van der Waals surface area contributed by atoms with Gasteiger partial charge in [0.05, 0.1) is 6.67 Å². The van der Waals surface area contributed by atoms with Gasteiger partial charge in [0, 0.05) is 0 Å². The lowest BCUT2D eigenvalue weighted by Gasteiger charge is -2.38. The van der Waals surface area contributed by atoms with Gasteiger partial charge in [-0.25, -0.2) is 0 Å². The second-order valence-electron chi connectivity index (χ2n) is 9.12. The first-order valence-corrected chi connectivity index (χ1v) is 11.3. The standard InChI is InChI=1S/C24H34F4O/c25-17-1-2-18-5-11-21(12-6-18)22-13-7-19(8-14-22)3-4-20-9-15-23(16-10-20)29-24(26,27)28/h9-10,15-16,18-19,21-22H,1-8,11-14,17H2. The molecule has 0 saturated heterocycles. The van der Waals surface area contributed by atoms with Crippen LogP contribution in [0.5, 0.6) is 5.75 Å². The highest BCUT2D eigenvalue weighted by Crippen LogP contribution is 2.43. The molecule has 0 N–H and O–H groups in total. The van der Waals surface area contributed by atoms with Gasteiger partial charge in [0.1, 0.15) is 5.75 Å². The van der Waals surface area contributed by atoms with E-state index in [1.165, 1.54) is 63.5 Å². The number of hydrogen-bond acceptors (Lipinski definition) is 1. The zero-order valence-electron chi connectivity index (χ0n) is 17.2. The molecule has 0 amide bonds. The summed E-state index contributed by atoms with van der Waals surface area (Å²) in [6.07, 6.45) is 9.65.